The van der Waals surface area contributed by atoms with E-state index in [1.807, 2.05) is 19.1 Å². The summed E-state index contributed by atoms with van der Waals surface area (Å²) >= 11 is 0. The van der Waals surface area contributed by atoms with E-state index in [0.717, 1.165) is 24.6 Å². The average Bonchev–Trinajstić information content (AvgIpc) is 2.92. The number of likely N-dealkylation sites (N-methyl/N-ethyl adjacent to an activating group) is 1. The van der Waals surface area contributed by atoms with Gasteiger partial charge in [0.1, 0.15) is 0 Å². The van der Waals surface area contributed by atoms with Gasteiger partial charge in [-0.05, 0) is 38.9 Å². The second-order valence-electron chi connectivity index (χ2n) is 4.57. The first-order chi connectivity index (χ1) is 8.72. The van der Waals surface area contributed by atoms with Gasteiger partial charge in [0.05, 0.1) is 11.7 Å². The highest BCUT2D eigenvalue weighted by Gasteiger charge is 2.19. The van der Waals surface area contributed by atoms with Gasteiger partial charge in [-0.3, -0.25) is 4.79 Å². The maximum atomic E-state index is 11.9. The lowest BCUT2D eigenvalue weighted by Crippen LogP contribution is -2.36. The van der Waals surface area contributed by atoms with E-state index in [4.69, 9.17) is 0 Å². The van der Waals surface area contributed by atoms with Crippen molar-refractivity contribution in [1.82, 2.24) is 10.3 Å². The summed E-state index contributed by atoms with van der Waals surface area (Å²) in [5.41, 5.74) is 0.798. The van der Waals surface area contributed by atoms with E-state index in [1.165, 1.54) is 12.8 Å². The normalized spacial score (nSPS) is 16.7. The summed E-state index contributed by atoms with van der Waals surface area (Å²) in [6.45, 7) is 3.87. The maximum absolute atomic E-state index is 11.9. The largest absolute Gasteiger partial charge is 0.355 e. The molecule has 0 saturated carbocycles. The molecule has 2 heterocycles. The van der Waals surface area contributed by atoms with E-state index in [-0.39, 0.29) is 11.9 Å². The number of rotatable bonds is 4. The highest BCUT2D eigenvalue weighted by atomic mass is 16.2. The standard InChI is InChI=1S/C13H20N4O/c1-10(14-2)13(18)16-11-6-5-7-15-12(11)17-8-3-4-9-17/h5-7,10,14H,3-4,8-9H2,1-2H3,(H,16,18). The van der Waals surface area contributed by atoms with E-state index in [2.05, 4.69) is 20.5 Å². The third-order valence-corrected chi connectivity index (χ3v) is 3.28. The Morgan fingerprint density at radius 1 is 1.44 bits per heavy atom. The average molecular weight is 248 g/mol. The van der Waals surface area contributed by atoms with Crippen molar-refractivity contribution >= 4 is 17.4 Å². The van der Waals surface area contributed by atoms with Crippen molar-refractivity contribution in [3.05, 3.63) is 18.3 Å². The Labute approximate surface area is 108 Å². The van der Waals surface area contributed by atoms with Gasteiger partial charge in [-0.2, -0.15) is 0 Å². The molecule has 0 aromatic carbocycles. The van der Waals surface area contributed by atoms with Crippen LogP contribution in [0.2, 0.25) is 0 Å². The molecule has 0 spiro atoms. The molecule has 1 fully saturated rings. The van der Waals surface area contributed by atoms with Crippen LogP contribution in [0, 0.1) is 0 Å². The predicted molar refractivity (Wildman–Crippen MR) is 72.8 cm³/mol. The van der Waals surface area contributed by atoms with E-state index in [0.29, 0.717) is 0 Å². The summed E-state index contributed by atoms with van der Waals surface area (Å²) in [6, 6.07) is 3.54. The fraction of sp³-hybridized carbons (Fsp3) is 0.538. The number of hydrogen-bond acceptors (Lipinski definition) is 4. The number of nitrogens with one attached hydrogen (secondary N) is 2. The molecule has 1 aliphatic heterocycles. The zero-order chi connectivity index (χ0) is 13.0. The van der Waals surface area contributed by atoms with E-state index >= 15 is 0 Å². The van der Waals surface area contributed by atoms with Crippen LogP contribution in [0.1, 0.15) is 19.8 Å². The SMILES string of the molecule is CNC(C)C(=O)Nc1cccnc1N1CCCC1. The summed E-state index contributed by atoms with van der Waals surface area (Å²) in [4.78, 5) is 18.5. The minimum absolute atomic E-state index is 0.0362. The van der Waals surface area contributed by atoms with Crippen LogP contribution in [-0.2, 0) is 4.79 Å². The Morgan fingerprint density at radius 2 is 2.17 bits per heavy atom. The smallest absolute Gasteiger partial charge is 0.241 e. The fourth-order valence-corrected chi connectivity index (χ4v) is 2.05. The first kappa shape index (κ1) is 12.8. The molecule has 1 atom stereocenters. The molecule has 1 saturated heterocycles. The molecule has 2 rings (SSSR count). The Bertz CT molecular complexity index is 415. The molecule has 1 aliphatic rings. The van der Waals surface area contributed by atoms with Crippen LogP contribution in [0.5, 0.6) is 0 Å². The van der Waals surface area contributed by atoms with Crippen molar-refractivity contribution in [1.29, 1.82) is 0 Å². The molecule has 0 radical (unpaired) electrons. The highest BCUT2D eigenvalue weighted by Crippen LogP contribution is 2.26. The molecule has 98 valence electrons. The third kappa shape index (κ3) is 2.79. The predicted octanol–water partition coefficient (Wildman–Crippen LogP) is 1.23. The highest BCUT2D eigenvalue weighted by molar-refractivity contribution is 5.96. The molecule has 1 amide bonds. The molecular formula is C13H20N4O. The third-order valence-electron chi connectivity index (χ3n) is 3.28. The van der Waals surface area contributed by atoms with Crippen molar-refractivity contribution < 1.29 is 4.79 Å². The van der Waals surface area contributed by atoms with Crippen molar-refractivity contribution in [2.45, 2.75) is 25.8 Å². The summed E-state index contributed by atoms with van der Waals surface area (Å²) in [5.74, 6) is 0.845. The topological polar surface area (TPSA) is 57.3 Å². The molecular weight excluding hydrogens is 228 g/mol. The monoisotopic (exact) mass is 248 g/mol. The number of pyridine rings is 1. The van der Waals surface area contributed by atoms with Gasteiger partial charge in [-0.1, -0.05) is 0 Å². The second kappa shape index (κ2) is 5.82. The number of anilines is 2. The van der Waals surface area contributed by atoms with Crippen LogP contribution in [-0.4, -0.2) is 37.1 Å². The molecule has 1 aromatic heterocycles. The Morgan fingerprint density at radius 3 is 2.83 bits per heavy atom. The number of carbonyl (C=O) groups is 1. The van der Waals surface area contributed by atoms with Crippen LogP contribution in [0.25, 0.3) is 0 Å². The summed E-state index contributed by atoms with van der Waals surface area (Å²) in [7, 11) is 1.77. The lowest BCUT2D eigenvalue weighted by atomic mass is 10.3. The Balaban J connectivity index is 2.14. The minimum atomic E-state index is -0.211. The van der Waals surface area contributed by atoms with Gasteiger partial charge in [0.15, 0.2) is 5.82 Å². The van der Waals surface area contributed by atoms with Gasteiger partial charge in [0.2, 0.25) is 5.91 Å². The quantitative estimate of drug-likeness (QED) is 0.841. The van der Waals surface area contributed by atoms with E-state index < -0.39 is 0 Å². The zero-order valence-corrected chi connectivity index (χ0v) is 10.9. The van der Waals surface area contributed by atoms with Gasteiger partial charge in [-0.15, -0.1) is 0 Å². The molecule has 5 heteroatoms. The second-order valence-corrected chi connectivity index (χ2v) is 4.57. The van der Waals surface area contributed by atoms with Crippen LogP contribution < -0.4 is 15.5 Å². The van der Waals surface area contributed by atoms with Gasteiger partial charge >= 0.3 is 0 Å². The first-order valence-corrected chi connectivity index (χ1v) is 6.40. The van der Waals surface area contributed by atoms with Gasteiger partial charge < -0.3 is 15.5 Å². The minimum Gasteiger partial charge on any atom is -0.355 e. The molecule has 1 aromatic rings. The molecule has 1 unspecified atom stereocenters. The maximum Gasteiger partial charge on any atom is 0.241 e. The Kier molecular flexibility index (Phi) is 4.15. The molecule has 2 N–H and O–H groups in total. The zero-order valence-electron chi connectivity index (χ0n) is 10.9. The van der Waals surface area contributed by atoms with E-state index in [9.17, 15) is 4.79 Å². The number of hydrogen-bond donors (Lipinski definition) is 2. The lowest BCUT2D eigenvalue weighted by molar-refractivity contribution is -0.117. The fourth-order valence-electron chi connectivity index (χ4n) is 2.05. The molecule has 0 aliphatic carbocycles. The first-order valence-electron chi connectivity index (χ1n) is 6.40. The van der Waals surface area contributed by atoms with Crippen molar-refractivity contribution in [2.75, 3.05) is 30.4 Å². The van der Waals surface area contributed by atoms with Crippen molar-refractivity contribution in [3.63, 3.8) is 0 Å². The van der Waals surface area contributed by atoms with Crippen molar-refractivity contribution in [2.24, 2.45) is 0 Å². The van der Waals surface area contributed by atoms with Crippen LogP contribution in [0.15, 0.2) is 18.3 Å². The summed E-state index contributed by atoms with van der Waals surface area (Å²) < 4.78 is 0. The number of amides is 1. The van der Waals surface area contributed by atoms with Gasteiger partial charge in [0, 0.05) is 19.3 Å². The lowest BCUT2D eigenvalue weighted by Gasteiger charge is -2.20. The van der Waals surface area contributed by atoms with Crippen LogP contribution in [0.3, 0.4) is 0 Å². The van der Waals surface area contributed by atoms with E-state index in [1.54, 1.807) is 13.2 Å². The summed E-state index contributed by atoms with van der Waals surface area (Å²) in [6.07, 6.45) is 4.15. The van der Waals surface area contributed by atoms with Crippen molar-refractivity contribution in [3.8, 4) is 0 Å². The molecule has 18 heavy (non-hydrogen) atoms. The Hall–Kier alpha value is -1.62. The van der Waals surface area contributed by atoms with Gasteiger partial charge in [0.25, 0.3) is 0 Å². The van der Waals surface area contributed by atoms with Gasteiger partial charge in [-0.25, -0.2) is 4.98 Å². The summed E-state index contributed by atoms with van der Waals surface area (Å²) in [5, 5.41) is 5.86. The number of carbonyl (C=O) groups excluding carboxylic acids is 1. The number of nitrogens with zero attached hydrogens (tertiary/aromatic N) is 2. The van der Waals surface area contributed by atoms with Crippen LogP contribution in [0.4, 0.5) is 11.5 Å². The molecule has 5 nitrogen and oxygen atoms in total. The number of aromatic nitrogens is 1. The van der Waals surface area contributed by atoms with Crippen LogP contribution >= 0.6 is 0 Å². The molecule has 0 bridgehead atoms.